The molecule has 1 heterocycles. The van der Waals surface area contributed by atoms with Crippen LogP contribution in [0.5, 0.6) is 11.5 Å². The van der Waals surface area contributed by atoms with Crippen molar-refractivity contribution in [2.75, 3.05) is 20.3 Å². The first kappa shape index (κ1) is 19.9. The SMILES string of the molecule is CCOc1c(/C=C2/SC(=Nc3ccccc3F)N(CC)C2=O)cccc1OC. The Morgan fingerprint density at radius 1 is 1.18 bits per heavy atom. The van der Waals surface area contributed by atoms with Gasteiger partial charge in [0.25, 0.3) is 5.91 Å². The van der Waals surface area contributed by atoms with E-state index in [1.807, 2.05) is 26.0 Å². The highest BCUT2D eigenvalue weighted by atomic mass is 32.2. The van der Waals surface area contributed by atoms with Gasteiger partial charge in [0.15, 0.2) is 16.7 Å². The standard InChI is InChI=1S/C21H21FN2O3S/c1-4-24-20(25)18(28-21(24)23-16-11-7-6-10-15(16)22)13-14-9-8-12-17(26-3)19(14)27-5-2/h6-13H,4-5H2,1-3H3/b18-13+,23-21?. The number of aliphatic imine (C=N–C) groups is 1. The summed E-state index contributed by atoms with van der Waals surface area (Å²) in [5.74, 6) is 0.575. The highest BCUT2D eigenvalue weighted by Crippen LogP contribution is 2.38. The second kappa shape index (κ2) is 8.93. The third kappa shape index (κ3) is 4.04. The Labute approximate surface area is 167 Å². The van der Waals surface area contributed by atoms with Crippen LogP contribution in [-0.2, 0) is 4.79 Å². The Kier molecular flexibility index (Phi) is 6.36. The first-order chi connectivity index (χ1) is 13.6. The van der Waals surface area contributed by atoms with E-state index in [0.29, 0.717) is 34.7 Å². The van der Waals surface area contributed by atoms with Crippen LogP contribution in [0.25, 0.3) is 6.08 Å². The minimum absolute atomic E-state index is 0.173. The van der Waals surface area contributed by atoms with Crippen molar-refractivity contribution >= 4 is 34.6 Å². The number of ether oxygens (including phenoxy) is 2. The lowest BCUT2D eigenvalue weighted by Crippen LogP contribution is -2.28. The van der Waals surface area contributed by atoms with E-state index in [1.165, 1.54) is 22.7 Å². The lowest BCUT2D eigenvalue weighted by atomic mass is 10.1. The van der Waals surface area contributed by atoms with Gasteiger partial charge in [-0.05, 0) is 49.9 Å². The largest absolute Gasteiger partial charge is 0.493 e. The molecule has 146 valence electrons. The minimum atomic E-state index is -0.428. The van der Waals surface area contributed by atoms with Gasteiger partial charge in [-0.3, -0.25) is 9.69 Å². The Hall–Kier alpha value is -2.80. The zero-order chi connectivity index (χ0) is 20.1. The molecule has 2 aromatic rings. The highest BCUT2D eigenvalue weighted by molar-refractivity contribution is 8.18. The molecule has 0 atom stereocenters. The van der Waals surface area contributed by atoms with Crippen molar-refractivity contribution in [3.05, 3.63) is 58.8 Å². The Balaban J connectivity index is 2.00. The third-order valence-electron chi connectivity index (χ3n) is 4.08. The summed E-state index contributed by atoms with van der Waals surface area (Å²) in [4.78, 5) is 19.2. The van der Waals surface area contributed by atoms with Gasteiger partial charge in [-0.1, -0.05) is 24.3 Å². The number of benzene rings is 2. The number of likely N-dealkylation sites (N-methyl/N-ethyl adjacent to an activating group) is 1. The topological polar surface area (TPSA) is 51.1 Å². The number of rotatable bonds is 6. The summed E-state index contributed by atoms with van der Waals surface area (Å²) in [6.07, 6.45) is 1.76. The molecule has 0 unspecified atom stereocenters. The number of halogens is 1. The molecular weight excluding hydrogens is 379 g/mol. The van der Waals surface area contributed by atoms with Gasteiger partial charge in [-0.25, -0.2) is 9.38 Å². The molecule has 0 N–H and O–H groups in total. The normalized spacial score (nSPS) is 16.9. The monoisotopic (exact) mass is 400 g/mol. The van der Waals surface area contributed by atoms with Crippen molar-refractivity contribution in [3.63, 3.8) is 0 Å². The summed E-state index contributed by atoms with van der Waals surface area (Å²) in [5, 5.41) is 0.449. The lowest BCUT2D eigenvalue weighted by Gasteiger charge is -2.13. The van der Waals surface area contributed by atoms with Crippen molar-refractivity contribution < 1.29 is 18.7 Å². The summed E-state index contributed by atoms with van der Waals surface area (Å²) in [7, 11) is 1.57. The second-order valence-corrected chi connectivity index (χ2v) is 6.83. The number of thioether (sulfide) groups is 1. The Morgan fingerprint density at radius 2 is 1.96 bits per heavy atom. The smallest absolute Gasteiger partial charge is 0.266 e. The maximum Gasteiger partial charge on any atom is 0.266 e. The van der Waals surface area contributed by atoms with E-state index in [0.717, 1.165) is 5.56 Å². The zero-order valence-electron chi connectivity index (χ0n) is 15.9. The number of amides is 1. The fourth-order valence-electron chi connectivity index (χ4n) is 2.76. The zero-order valence-corrected chi connectivity index (χ0v) is 16.8. The second-order valence-electron chi connectivity index (χ2n) is 5.82. The minimum Gasteiger partial charge on any atom is -0.493 e. The number of methoxy groups -OCH3 is 1. The maximum atomic E-state index is 14.0. The number of hydrogen-bond donors (Lipinski definition) is 0. The third-order valence-corrected chi connectivity index (χ3v) is 5.08. The number of amidine groups is 1. The molecule has 0 aromatic heterocycles. The molecule has 1 aliphatic heterocycles. The number of carbonyl (C=O) groups is 1. The van der Waals surface area contributed by atoms with Crippen molar-refractivity contribution in [3.8, 4) is 11.5 Å². The van der Waals surface area contributed by atoms with Gasteiger partial charge >= 0.3 is 0 Å². The van der Waals surface area contributed by atoms with Gasteiger partial charge in [0.2, 0.25) is 0 Å². The van der Waals surface area contributed by atoms with Crippen LogP contribution in [0, 0.1) is 5.82 Å². The molecule has 0 spiro atoms. The number of para-hydroxylation sites is 2. The molecule has 1 aliphatic rings. The Bertz CT molecular complexity index is 943. The van der Waals surface area contributed by atoms with Crippen molar-refractivity contribution in [1.29, 1.82) is 0 Å². The first-order valence-electron chi connectivity index (χ1n) is 8.93. The molecule has 7 heteroatoms. The van der Waals surface area contributed by atoms with Crippen molar-refractivity contribution in [1.82, 2.24) is 4.90 Å². The highest BCUT2D eigenvalue weighted by Gasteiger charge is 2.32. The van der Waals surface area contributed by atoms with Crippen LogP contribution in [0.2, 0.25) is 0 Å². The van der Waals surface area contributed by atoms with Gasteiger partial charge < -0.3 is 9.47 Å². The van der Waals surface area contributed by atoms with E-state index in [9.17, 15) is 9.18 Å². The number of hydrogen-bond acceptors (Lipinski definition) is 5. The van der Waals surface area contributed by atoms with Gasteiger partial charge in [0.05, 0.1) is 18.6 Å². The van der Waals surface area contributed by atoms with Crippen LogP contribution in [0.15, 0.2) is 52.4 Å². The van der Waals surface area contributed by atoms with Gasteiger partial charge in [0, 0.05) is 12.1 Å². The molecule has 1 fully saturated rings. The van der Waals surface area contributed by atoms with Crippen LogP contribution >= 0.6 is 11.8 Å². The van der Waals surface area contributed by atoms with E-state index in [-0.39, 0.29) is 11.6 Å². The van der Waals surface area contributed by atoms with E-state index < -0.39 is 5.82 Å². The van der Waals surface area contributed by atoms with E-state index in [4.69, 9.17) is 9.47 Å². The number of nitrogens with zero attached hydrogens (tertiary/aromatic N) is 2. The van der Waals surface area contributed by atoms with Gasteiger partial charge in [-0.2, -0.15) is 0 Å². The van der Waals surface area contributed by atoms with E-state index >= 15 is 0 Å². The molecule has 2 aromatic carbocycles. The van der Waals surface area contributed by atoms with Crippen LogP contribution in [0.4, 0.5) is 10.1 Å². The van der Waals surface area contributed by atoms with Crippen molar-refractivity contribution in [2.45, 2.75) is 13.8 Å². The summed E-state index contributed by atoms with van der Waals surface area (Å²) in [6, 6.07) is 11.7. The van der Waals surface area contributed by atoms with Gasteiger partial charge in [-0.15, -0.1) is 0 Å². The molecule has 0 bridgehead atoms. The molecule has 5 nitrogen and oxygen atoms in total. The summed E-state index contributed by atoms with van der Waals surface area (Å²) < 4.78 is 25.0. The lowest BCUT2D eigenvalue weighted by molar-refractivity contribution is -0.122. The average Bonchev–Trinajstić information content (AvgIpc) is 2.99. The fraction of sp³-hybridized carbons (Fsp3) is 0.238. The predicted octanol–water partition coefficient (Wildman–Crippen LogP) is 4.86. The molecule has 3 rings (SSSR count). The molecular formula is C21H21FN2O3S. The predicted molar refractivity (Wildman–Crippen MR) is 111 cm³/mol. The van der Waals surface area contributed by atoms with E-state index in [1.54, 1.807) is 37.5 Å². The molecule has 0 radical (unpaired) electrons. The van der Waals surface area contributed by atoms with Crippen molar-refractivity contribution in [2.24, 2.45) is 4.99 Å². The molecule has 0 saturated carbocycles. The first-order valence-corrected chi connectivity index (χ1v) is 9.75. The summed E-state index contributed by atoms with van der Waals surface area (Å²) >= 11 is 1.21. The maximum absolute atomic E-state index is 14.0. The Morgan fingerprint density at radius 3 is 2.64 bits per heavy atom. The van der Waals surface area contributed by atoms with Crippen LogP contribution in [0.3, 0.4) is 0 Å². The molecule has 1 saturated heterocycles. The summed E-state index contributed by atoms with van der Waals surface area (Å²) in [5.41, 5.74) is 0.939. The average molecular weight is 400 g/mol. The quantitative estimate of drug-likeness (QED) is 0.650. The van der Waals surface area contributed by atoms with Crippen LogP contribution < -0.4 is 9.47 Å². The van der Waals surface area contributed by atoms with Crippen LogP contribution in [-0.4, -0.2) is 36.2 Å². The van der Waals surface area contributed by atoms with E-state index in [2.05, 4.69) is 4.99 Å². The van der Waals surface area contributed by atoms with Crippen LogP contribution in [0.1, 0.15) is 19.4 Å². The molecule has 1 amide bonds. The molecule has 0 aliphatic carbocycles. The van der Waals surface area contributed by atoms with Gasteiger partial charge in [0.1, 0.15) is 11.5 Å². The number of carbonyl (C=O) groups excluding carboxylic acids is 1. The fourth-order valence-corrected chi connectivity index (χ4v) is 3.81. The molecule has 28 heavy (non-hydrogen) atoms. The summed E-state index contributed by atoms with van der Waals surface area (Å²) in [6.45, 7) is 4.65.